The van der Waals surface area contributed by atoms with Gasteiger partial charge in [0.1, 0.15) is 12.4 Å². The molecule has 1 aromatic carbocycles. The zero-order chi connectivity index (χ0) is 12.3. The van der Waals surface area contributed by atoms with Gasteiger partial charge in [-0.15, -0.1) is 0 Å². The molecule has 1 aromatic heterocycles. The molecule has 0 radical (unpaired) electrons. The van der Waals surface area contributed by atoms with Crippen molar-refractivity contribution < 1.29 is 14.4 Å². The van der Waals surface area contributed by atoms with Crippen LogP contribution in [0.5, 0.6) is 5.75 Å². The van der Waals surface area contributed by atoms with E-state index in [4.69, 9.17) is 14.4 Å². The highest BCUT2D eigenvalue weighted by molar-refractivity contribution is 5.37. The van der Waals surface area contributed by atoms with E-state index in [1.165, 1.54) is 0 Å². The van der Waals surface area contributed by atoms with Crippen LogP contribution >= 0.6 is 0 Å². The van der Waals surface area contributed by atoms with Crippen molar-refractivity contribution in [3.8, 4) is 5.75 Å². The maximum Gasteiger partial charge on any atom is 0.252 e. The van der Waals surface area contributed by atoms with Gasteiger partial charge in [-0.05, 0) is 24.1 Å². The molecule has 17 heavy (non-hydrogen) atoms. The third kappa shape index (κ3) is 2.62. The van der Waals surface area contributed by atoms with Crippen molar-refractivity contribution in [2.24, 2.45) is 0 Å². The van der Waals surface area contributed by atoms with E-state index in [2.05, 4.69) is 10.1 Å². The minimum atomic E-state index is -0.232. The molecule has 0 aliphatic carbocycles. The highest BCUT2D eigenvalue weighted by Crippen LogP contribution is 2.20. The van der Waals surface area contributed by atoms with Gasteiger partial charge in [0.15, 0.2) is 5.82 Å². The third-order valence-electron chi connectivity index (χ3n) is 2.48. The van der Waals surface area contributed by atoms with Gasteiger partial charge in [0.25, 0.3) is 5.89 Å². The van der Waals surface area contributed by atoms with Crippen LogP contribution in [0.4, 0.5) is 0 Å². The zero-order valence-electron chi connectivity index (χ0n) is 9.80. The van der Waals surface area contributed by atoms with Gasteiger partial charge in [-0.25, -0.2) is 0 Å². The molecule has 5 nitrogen and oxygen atoms in total. The SMILES string of the molecule is COc1cc(Cc2noc(CO)n2)ccc1C. The number of aryl methyl sites for hydroxylation is 1. The molecule has 90 valence electrons. The van der Waals surface area contributed by atoms with E-state index in [0.717, 1.165) is 16.9 Å². The predicted octanol–water partition coefficient (Wildman–Crippen LogP) is 1.47. The van der Waals surface area contributed by atoms with Gasteiger partial charge in [0, 0.05) is 6.42 Å². The second-order valence-electron chi connectivity index (χ2n) is 3.74. The van der Waals surface area contributed by atoms with E-state index >= 15 is 0 Å². The molecule has 0 fully saturated rings. The molecular formula is C12H14N2O3. The largest absolute Gasteiger partial charge is 0.496 e. The van der Waals surface area contributed by atoms with Crippen LogP contribution in [0.3, 0.4) is 0 Å². The number of hydrogen-bond donors (Lipinski definition) is 1. The second kappa shape index (κ2) is 4.97. The fourth-order valence-electron chi connectivity index (χ4n) is 1.58. The van der Waals surface area contributed by atoms with Gasteiger partial charge in [-0.1, -0.05) is 17.3 Å². The molecule has 0 unspecified atom stereocenters. The molecular weight excluding hydrogens is 220 g/mol. The molecule has 0 bridgehead atoms. The van der Waals surface area contributed by atoms with Crippen molar-refractivity contribution in [3.05, 3.63) is 41.0 Å². The highest BCUT2D eigenvalue weighted by Gasteiger charge is 2.07. The smallest absolute Gasteiger partial charge is 0.252 e. The Morgan fingerprint density at radius 1 is 1.41 bits per heavy atom. The van der Waals surface area contributed by atoms with Gasteiger partial charge in [0.05, 0.1) is 7.11 Å². The summed E-state index contributed by atoms with van der Waals surface area (Å²) in [6, 6.07) is 5.93. The van der Waals surface area contributed by atoms with Crippen LogP contribution in [0, 0.1) is 6.92 Å². The van der Waals surface area contributed by atoms with E-state index in [1.807, 2.05) is 25.1 Å². The Balaban J connectivity index is 2.18. The summed E-state index contributed by atoms with van der Waals surface area (Å²) in [6.07, 6.45) is 0.556. The Kier molecular flexibility index (Phi) is 3.39. The topological polar surface area (TPSA) is 68.4 Å². The zero-order valence-corrected chi connectivity index (χ0v) is 9.80. The molecule has 1 heterocycles. The Hall–Kier alpha value is -1.88. The molecule has 2 aromatic rings. The minimum Gasteiger partial charge on any atom is -0.496 e. The summed E-state index contributed by atoms with van der Waals surface area (Å²) in [4.78, 5) is 4.03. The second-order valence-corrected chi connectivity index (χ2v) is 3.74. The van der Waals surface area contributed by atoms with Gasteiger partial charge in [-0.2, -0.15) is 4.98 Å². The first-order chi connectivity index (χ1) is 8.22. The average Bonchev–Trinajstić information content (AvgIpc) is 2.79. The fourth-order valence-corrected chi connectivity index (χ4v) is 1.58. The van der Waals surface area contributed by atoms with E-state index in [9.17, 15) is 0 Å². The molecule has 5 heteroatoms. The molecule has 0 aliphatic rings. The highest BCUT2D eigenvalue weighted by atomic mass is 16.5. The Morgan fingerprint density at radius 2 is 2.24 bits per heavy atom. The van der Waals surface area contributed by atoms with Crippen LogP contribution in [0.1, 0.15) is 22.8 Å². The number of ether oxygens (including phenoxy) is 1. The molecule has 0 atom stereocenters. The summed E-state index contributed by atoms with van der Waals surface area (Å²) in [5.41, 5.74) is 2.12. The Labute approximate surface area is 99.0 Å². The lowest BCUT2D eigenvalue weighted by atomic mass is 10.1. The van der Waals surface area contributed by atoms with Crippen LogP contribution in [0.15, 0.2) is 22.7 Å². The number of methoxy groups -OCH3 is 1. The molecule has 0 saturated heterocycles. The number of rotatable bonds is 4. The predicted molar refractivity (Wildman–Crippen MR) is 60.8 cm³/mol. The lowest BCUT2D eigenvalue weighted by Gasteiger charge is -2.05. The van der Waals surface area contributed by atoms with Crippen molar-refractivity contribution in [2.45, 2.75) is 20.0 Å². The molecule has 1 N–H and O–H groups in total. The van der Waals surface area contributed by atoms with Crippen molar-refractivity contribution in [2.75, 3.05) is 7.11 Å². The van der Waals surface area contributed by atoms with E-state index < -0.39 is 0 Å². The number of benzene rings is 1. The number of nitrogens with zero attached hydrogens (tertiary/aromatic N) is 2. The summed E-state index contributed by atoms with van der Waals surface area (Å²) in [5, 5.41) is 12.6. The van der Waals surface area contributed by atoms with Crippen LogP contribution in [0.2, 0.25) is 0 Å². The summed E-state index contributed by atoms with van der Waals surface area (Å²) >= 11 is 0. The summed E-state index contributed by atoms with van der Waals surface area (Å²) in [5.74, 6) is 1.63. The average molecular weight is 234 g/mol. The first kappa shape index (κ1) is 11.6. The summed E-state index contributed by atoms with van der Waals surface area (Å²) < 4.78 is 10.1. The number of aromatic nitrogens is 2. The summed E-state index contributed by atoms with van der Waals surface area (Å²) in [6.45, 7) is 1.76. The first-order valence-corrected chi connectivity index (χ1v) is 5.28. The van der Waals surface area contributed by atoms with Crippen molar-refractivity contribution >= 4 is 0 Å². The third-order valence-corrected chi connectivity index (χ3v) is 2.48. The van der Waals surface area contributed by atoms with E-state index in [0.29, 0.717) is 12.2 Å². The van der Waals surface area contributed by atoms with Crippen LogP contribution in [-0.2, 0) is 13.0 Å². The maximum absolute atomic E-state index is 8.82. The van der Waals surface area contributed by atoms with Gasteiger partial charge < -0.3 is 14.4 Å². The lowest BCUT2D eigenvalue weighted by molar-refractivity contribution is 0.222. The number of aliphatic hydroxyl groups excluding tert-OH is 1. The first-order valence-electron chi connectivity index (χ1n) is 5.28. The molecule has 0 amide bonds. The van der Waals surface area contributed by atoms with Crippen molar-refractivity contribution in [1.29, 1.82) is 0 Å². The molecule has 0 saturated carbocycles. The molecule has 0 spiro atoms. The fraction of sp³-hybridized carbons (Fsp3) is 0.333. The van der Waals surface area contributed by atoms with Crippen molar-refractivity contribution in [1.82, 2.24) is 10.1 Å². The monoisotopic (exact) mass is 234 g/mol. The Bertz CT molecular complexity index is 508. The van der Waals surface area contributed by atoms with Crippen LogP contribution < -0.4 is 4.74 Å². The van der Waals surface area contributed by atoms with E-state index in [1.54, 1.807) is 7.11 Å². The number of hydrogen-bond acceptors (Lipinski definition) is 5. The molecule has 0 aliphatic heterocycles. The van der Waals surface area contributed by atoms with Crippen molar-refractivity contribution in [3.63, 3.8) is 0 Å². The van der Waals surface area contributed by atoms with Gasteiger partial charge in [0.2, 0.25) is 0 Å². The lowest BCUT2D eigenvalue weighted by Crippen LogP contribution is -1.94. The van der Waals surface area contributed by atoms with Gasteiger partial charge in [-0.3, -0.25) is 0 Å². The summed E-state index contributed by atoms with van der Waals surface area (Å²) in [7, 11) is 1.64. The van der Waals surface area contributed by atoms with E-state index in [-0.39, 0.29) is 12.5 Å². The minimum absolute atomic E-state index is 0.232. The normalized spacial score (nSPS) is 10.5. The quantitative estimate of drug-likeness (QED) is 0.867. The van der Waals surface area contributed by atoms with Gasteiger partial charge >= 0.3 is 0 Å². The maximum atomic E-state index is 8.82. The number of aliphatic hydroxyl groups is 1. The standard InChI is InChI=1S/C12H14N2O3/c1-8-3-4-9(5-10(8)16-2)6-11-13-12(7-15)17-14-11/h3-5,15H,6-7H2,1-2H3. The molecule has 2 rings (SSSR count). The van der Waals surface area contributed by atoms with Crippen LogP contribution in [-0.4, -0.2) is 22.4 Å². The van der Waals surface area contributed by atoms with Crippen LogP contribution in [0.25, 0.3) is 0 Å². The Morgan fingerprint density at radius 3 is 2.88 bits per heavy atom.